The average Bonchev–Trinajstić information content (AvgIpc) is 2.63. The minimum absolute atomic E-state index is 0.385. The molecule has 1 fully saturated rings. The summed E-state index contributed by atoms with van der Waals surface area (Å²) in [6.45, 7) is 5.78. The molecule has 2 atom stereocenters. The highest BCUT2D eigenvalue weighted by molar-refractivity contribution is 5.29. The van der Waals surface area contributed by atoms with Crippen LogP contribution in [0.25, 0.3) is 0 Å². The Morgan fingerprint density at radius 2 is 2.07 bits per heavy atom. The molecular formula is C14H21N. The van der Waals surface area contributed by atoms with Gasteiger partial charge in [-0.2, -0.15) is 0 Å². The van der Waals surface area contributed by atoms with Gasteiger partial charge in [-0.1, -0.05) is 43.7 Å². The Labute approximate surface area is 92.9 Å². The van der Waals surface area contributed by atoms with Crippen molar-refractivity contribution in [3.63, 3.8) is 0 Å². The van der Waals surface area contributed by atoms with E-state index in [1.165, 1.54) is 24.8 Å². The molecule has 1 aliphatic rings. The van der Waals surface area contributed by atoms with E-state index in [1.54, 1.807) is 0 Å². The fourth-order valence-corrected chi connectivity index (χ4v) is 3.02. The van der Waals surface area contributed by atoms with Crippen LogP contribution in [-0.2, 0) is 5.41 Å². The Hall–Kier alpha value is -0.820. The first-order valence-electron chi connectivity index (χ1n) is 6.08. The fraction of sp³-hybridized carbons (Fsp3) is 0.571. The number of benzene rings is 1. The molecule has 0 aliphatic carbocycles. The second-order valence-corrected chi connectivity index (χ2v) is 4.70. The number of nitrogens with one attached hydrogen (secondary N) is 1. The standard InChI is InChI=1S/C14H21N/c1-3-9-14(10-11-15-12(14)2)13-7-5-4-6-8-13/h4-8,12,15H,3,9-11H2,1-2H3. The van der Waals surface area contributed by atoms with Gasteiger partial charge in [-0.15, -0.1) is 0 Å². The molecule has 15 heavy (non-hydrogen) atoms. The predicted molar refractivity (Wildman–Crippen MR) is 65.1 cm³/mol. The van der Waals surface area contributed by atoms with E-state index in [2.05, 4.69) is 49.5 Å². The van der Waals surface area contributed by atoms with Crippen molar-refractivity contribution in [2.24, 2.45) is 0 Å². The number of hydrogen-bond acceptors (Lipinski definition) is 1. The van der Waals surface area contributed by atoms with Gasteiger partial charge in [0.1, 0.15) is 0 Å². The number of rotatable bonds is 3. The summed E-state index contributed by atoms with van der Waals surface area (Å²) in [5.74, 6) is 0. The van der Waals surface area contributed by atoms with Crippen molar-refractivity contribution in [3.8, 4) is 0 Å². The molecule has 2 unspecified atom stereocenters. The highest BCUT2D eigenvalue weighted by Crippen LogP contribution is 2.39. The molecule has 1 heterocycles. The molecule has 1 nitrogen and oxygen atoms in total. The first-order valence-corrected chi connectivity index (χ1v) is 6.08. The molecule has 2 rings (SSSR count). The highest BCUT2D eigenvalue weighted by Gasteiger charge is 2.40. The zero-order valence-electron chi connectivity index (χ0n) is 9.79. The summed E-state index contributed by atoms with van der Waals surface area (Å²) in [4.78, 5) is 0. The lowest BCUT2D eigenvalue weighted by atomic mass is 9.72. The Morgan fingerprint density at radius 1 is 1.33 bits per heavy atom. The van der Waals surface area contributed by atoms with Gasteiger partial charge in [0.05, 0.1) is 0 Å². The molecule has 0 aromatic heterocycles. The molecule has 1 aliphatic heterocycles. The topological polar surface area (TPSA) is 12.0 Å². The van der Waals surface area contributed by atoms with Crippen LogP contribution >= 0.6 is 0 Å². The maximum Gasteiger partial charge on any atom is 0.0136 e. The van der Waals surface area contributed by atoms with Gasteiger partial charge in [0.2, 0.25) is 0 Å². The van der Waals surface area contributed by atoms with Crippen molar-refractivity contribution in [2.75, 3.05) is 6.54 Å². The summed E-state index contributed by atoms with van der Waals surface area (Å²) in [5, 5.41) is 3.59. The van der Waals surface area contributed by atoms with E-state index in [9.17, 15) is 0 Å². The van der Waals surface area contributed by atoms with Crippen LogP contribution < -0.4 is 5.32 Å². The lowest BCUT2D eigenvalue weighted by Gasteiger charge is -2.33. The van der Waals surface area contributed by atoms with Crippen LogP contribution in [0.3, 0.4) is 0 Å². The van der Waals surface area contributed by atoms with Gasteiger partial charge in [-0.3, -0.25) is 0 Å². The van der Waals surface area contributed by atoms with Gasteiger partial charge in [0.25, 0.3) is 0 Å². The van der Waals surface area contributed by atoms with Crippen LogP contribution in [0, 0.1) is 0 Å². The monoisotopic (exact) mass is 203 g/mol. The van der Waals surface area contributed by atoms with Gasteiger partial charge in [-0.05, 0) is 31.9 Å². The fourth-order valence-electron chi connectivity index (χ4n) is 3.02. The summed E-state index contributed by atoms with van der Waals surface area (Å²) in [5.41, 5.74) is 1.90. The zero-order valence-corrected chi connectivity index (χ0v) is 9.79. The maximum absolute atomic E-state index is 3.59. The van der Waals surface area contributed by atoms with Crippen molar-refractivity contribution >= 4 is 0 Å². The molecule has 1 aromatic carbocycles. The second-order valence-electron chi connectivity index (χ2n) is 4.70. The summed E-state index contributed by atoms with van der Waals surface area (Å²) in [6.07, 6.45) is 3.85. The largest absolute Gasteiger partial charge is 0.313 e. The third-order valence-electron chi connectivity index (χ3n) is 3.90. The van der Waals surface area contributed by atoms with Gasteiger partial charge >= 0.3 is 0 Å². The predicted octanol–water partition coefficient (Wildman–Crippen LogP) is 3.11. The van der Waals surface area contributed by atoms with Crippen molar-refractivity contribution in [3.05, 3.63) is 35.9 Å². The van der Waals surface area contributed by atoms with Gasteiger partial charge in [0.15, 0.2) is 0 Å². The molecule has 0 bridgehead atoms. The molecule has 82 valence electrons. The van der Waals surface area contributed by atoms with Crippen LogP contribution in [0.1, 0.15) is 38.7 Å². The van der Waals surface area contributed by atoms with E-state index in [4.69, 9.17) is 0 Å². The molecule has 0 saturated carbocycles. The third kappa shape index (κ3) is 1.81. The van der Waals surface area contributed by atoms with Gasteiger partial charge < -0.3 is 5.32 Å². The van der Waals surface area contributed by atoms with Crippen molar-refractivity contribution in [1.82, 2.24) is 5.32 Å². The maximum atomic E-state index is 3.59. The third-order valence-corrected chi connectivity index (χ3v) is 3.90. The summed E-state index contributed by atoms with van der Waals surface area (Å²) >= 11 is 0. The van der Waals surface area contributed by atoms with Crippen LogP contribution in [-0.4, -0.2) is 12.6 Å². The first kappa shape index (κ1) is 10.7. The molecule has 0 radical (unpaired) electrons. The van der Waals surface area contributed by atoms with Crippen LogP contribution in [0.15, 0.2) is 30.3 Å². The minimum atomic E-state index is 0.385. The molecule has 1 N–H and O–H groups in total. The summed E-state index contributed by atoms with van der Waals surface area (Å²) < 4.78 is 0. The Bertz CT molecular complexity index is 306. The van der Waals surface area contributed by atoms with Crippen molar-refractivity contribution < 1.29 is 0 Å². The quantitative estimate of drug-likeness (QED) is 0.796. The number of hydrogen-bond donors (Lipinski definition) is 1. The Kier molecular flexibility index (Phi) is 3.11. The van der Waals surface area contributed by atoms with E-state index in [1.807, 2.05) is 0 Å². The van der Waals surface area contributed by atoms with Crippen LogP contribution in [0.2, 0.25) is 0 Å². The van der Waals surface area contributed by atoms with E-state index in [0.29, 0.717) is 11.5 Å². The second kappa shape index (κ2) is 4.36. The van der Waals surface area contributed by atoms with E-state index in [-0.39, 0.29) is 0 Å². The van der Waals surface area contributed by atoms with Gasteiger partial charge in [-0.25, -0.2) is 0 Å². The molecule has 0 spiro atoms. The molecule has 0 amide bonds. The Morgan fingerprint density at radius 3 is 2.60 bits per heavy atom. The molecule has 1 heteroatoms. The van der Waals surface area contributed by atoms with Crippen molar-refractivity contribution in [1.29, 1.82) is 0 Å². The smallest absolute Gasteiger partial charge is 0.0136 e. The SMILES string of the molecule is CCCC1(c2ccccc2)CCNC1C. The van der Waals surface area contributed by atoms with Gasteiger partial charge in [0, 0.05) is 11.5 Å². The molecular weight excluding hydrogens is 182 g/mol. The first-order chi connectivity index (χ1) is 7.29. The van der Waals surface area contributed by atoms with Crippen LogP contribution in [0.4, 0.5) is 0 Å². The zero-order chi connectivity index (χ0) is 10.7. The van der Waals surface area contributed by atoms with E-state index < -0.39 is 0 Å². The van der Waals surface area contributed by atoms with Crippen molar-refractivity contribution in [2.45, 2.75) is 44.6 Å². The van der Waals surface area contributed by atoms with E-state index >= 15 is 0 Å². The highest BCUT2D eigenvalue weighted by atomic mass is 15.0. The average molecular weight is 203 g/mol. The van der Waals surface area contributed by atoms with Crippen LogP contribution in [0.5, 0.6) is 0 Å². The minimum Gasteiger partial charge on any atom is -0.313 e. The lowest BCUT2D eigenvalue weighted by Crippen LogP contribution is -2.37. The normalized spacial score (nSPS) is 30.7. The summed E-state index contributed by atoms with van der Waals surface area (Å²) in [7, 11) is 0. The molecule has 1 aromatic rings. The summed E-state index contributed by atoms with van der Waals surface area (Å²) in [6, 6.07) is 11.6. The molecule has 1 saturated heterocycles. The Balaban J connectivity index is 2.34. The lowest BCUT2D eigenvalue weighted by molar-refractivity contribution is 0.356. The van der Waals surface area contributed by atoms with E-state index in [0.717, 1.165) is 6.54 Å².